The molecule has 1 fully saturated rings. The number of carbonyl (C=O) groups excluding carboxylic acids is 2. The summed E-state index contributed by atoms with van der Waals surface area (Å²) >= 11 is 0. The van der Waals surface area contributed by atoms with Crippen molar-refractivity contribution in [3.8, 4) is 0 Å². The summed E-state index contributed by atoms with van der Waals surface area (Å²) in [5, 5.41) is 6.55. The number of benzene rings is 1. The Bertz CT molecular complexity index is 1090. The summed E-state index contributed by atoms with van der Waals surface area (Å²) in [6.45, 7) is 3.55. The van der Waals surface area contributed by atoms with Gasteiger partial charge in [0.05, 0.1) is 25.5 Å². The molecule has 10 heteroatoms. The van der Waals surface area contributed by atoms with E-state index in [0.29, 0.717) is 36.7 Å². The summed E-state index contributed by atoms with van der Waals surface area (Å²) in [7, 11) is 0. The third-order valence-corrected chi connectivity index (χ3v) is 4.93. The predicted molar refractivity (Wildman–Crippen MR) is 122 cm³/mol. The molecule has 0 unspecified atom stereocenters. The van der Waals surface area contributed by atoms with Crippen LogP contribution in [0, 0.1) is 0 Å². The average molecular weight is 448 g/mol. The Morgan fingerprint density at radius 2 is 1.94 bits per heavy atom. The summed E-state index contributed by atoms with van der Waals surface area (Å²) < 4.78 is 12.0. The van der Waals surface area contributed by atoms with E-state index in [1.165, 1.54) is 12.4 Å². The quantitative estimate of drug-likeness (QED) is 0.414. The van der Waals surface area contributed by atoms with Crippen molar-refractivity contribution >= 4 is 29.5 Å². The summed E-state index contributed by atoms with van der Waals surface area (Å²) in [6, 6.07) is 12.3. The molecule has 1 aromatic carbocycles. The number of anilines is 2. The largest absolute Gasteiger partial charge is 0.447 e. The van der Waals surface area contributed by atoms with Crippen LogP contribution in [0.5, 0.6) is 0 Å². The highest BCUT2D eigenvalue weighted by atomic mass is 16.5. The number of pyridine rings is 1. The molecule has 1 saturated heterocycles. The first-order valence-electron chi connectivity index (χ1n) is 10.6. The molecule has 0 bridgehead atoms. The number of nitrogens with one attached hydrogen (secondary N) is 1. The zero-order valence-electron chi connectivity index (χ0n) is 18.0. The second kappa shape index (κ2) is 11.0. The van der Waals surface area contributed by atoms with E-state index in [9.17, 15) is 9.59 Å². The van der Waals surface area contributed by atoms with Crippen molar-refractivity contribution in [1.82, 2.24) is 19.7 Å². The van der Waals surface area contributed by atoms with E-state index >= 15 is 0 Å². The molecule has 0 aliphatic carbocycles. The summed E-state index contributed by atoms with van der Waals surface area (Å²) in [4.78, 5) is 35.0. The van der Waals surface area contributed by atoms with Gasteiger partial charge >= 0.3 is 6.09 Å². The van der Waals surface area contributed by atoms with Crippen LogP contribution in [0.1, 0.15) is 16.1 Å². The van der Waals surface area contributed by atoms with Gasteiger partial charge in [0.25, 0.3) is 0 Å². The van der Waals surface area contributed by atoms with E-state index in [1.807, 2.05) is 18.2 Å². The first-order chi connectivity index (χ1) is 16.2. The number of morpholine rings is 1. The molecule has 1 aliphatic heterocycles. The lowest BCUT2D eigenvalue weighted by Crippen LogP contribution is -2.36. The maximum atomic E-state index is 12.5. The van der Waals surface area contributed by atoms with Crippen LogP contribution in [0.25, 0.3) is 6.08 Å². The van der Waals surface area contributed by atoms with E-state index in [2.05, 4.69) is 25.3 Å². The molecule has 1 aliphatic rings. The minimum atomic E-state index is -0.583. The van der Waals surface area contributed by atoms with Crippen LogP contribution in [-0.2, 0) is 16.0 Å². The Kier molecular flexibility index (Phi) is 7.39. The van der Waals surface area contributed by atoms with Crippen molar-refractivity contribution in [1.29, 1.82) is 0 Å². The maximum Gasteiger partial charge on any atom is 0.411 e. The second-order valence-electron chi connectivity index (χ2n) is 7.21. The van der Waals surface area contributed by atoms with Gasteiger partial charge in [-0.05, 0) is 48.6 Å². The van der Waals surface area contributed by atoms with E-state index in [0.717, 1.165) is 18.9 Å². The Morgan fingerprint density at radius 1 is 1.12 bits per heavy atom. The molecule has 0 radical (unpaired) electrons. The standard InChI is InChI=1S/C23H24N6O4/c30-21(9-8-19-2-1-3-22(26-19)28-10-13-32-14-11-28)18-4-6-20(7-5-18)27-23(31)33-15-12-29-17-24-16-25-29/h1-9,16-17H,10-15H2,(H,27,31). The van der Waals surface area contributed by atoms with Gasteiger partial charge in [-0.25, -0.2) is 19.4 Å². The van der Waals surface area contributed by atoms with Gasteiger partial charge in [-0.15, -0.1) is 0 Å². The molecule has 0 saturated carbocycles. The number of nitrogens with zero attached hydrogens (tertiary/aromatic N) is 5. The molecule has 10 nitrogen and oxygen atoms in total. The Morgan fingerprint density at radius 3 is 2.70 bits per heavy atom. The smallest absolute Gasteiger partial charge is 0.411 e. The van der Waals surface area contributed by atoms with Crippen LogP contribution in [-0.4, -0.2) is 64.5 Å². The van der Waals surface area contributed by atoms with Gasteiger partial charge in [-0.3, -0.25) is 10.1 Å². The number of hydrogen-bond donors (Lipinski definition) is 1. The Hall–Kier alpha value is -4.05. The number of ether oxygens (including phenoxy) is 2. The number of carbonyl (C=O) groups is 2. The molecular weight excluding hydrogens is 424 g/mol. The fourth-order valence-corrected chi connectivity index (χ4v) is 3.21. The van der Waals surface area contributed by atoms with E-state index in [1.54, 1.807) is 41.4 Å². The van der Waals surface area contributed by atoms with Crippen LogP contribution in [0.4, 0.5) is 16.3 Å². The molecule has 1 N–H and O–H groups in total. The summed E-state index contributed by atoms with van der Waals surface area (Å²) in [5.74, 6) is 0.715. The van der Waals surface area contributed by atoms with Crippen LogP contribution in [0.3, 0.4) is 0 Å². The van der Waals surface area contributed by atoms with E-state index < -0.39 is 6.09 Å². The zero-order chi connectivity index (χ0) is 22.9. The number of amides is 1. The van der Waals surface area contributed by atoms with Gasteiger partial charge in [0, 0.05) is 24.3 Å². The van der Waals surface area contributed by atoms with Gasteiger partial charge in [0.1, 0.15) is 25.1 Å². The van der Waals surface area contributed by atoms with Gasteiger partial charge in [-0.1, -0.05) is 6.07 Å². The number of rotatable bonds is 8. The van der Waals surface area contributed by atoms with E-state index in [-0.39, 0.29) is 12.4 Å². The highest BCUT2D eigenvalue weighted by Crippen LogP contribution is 2.15. The van der Waals surface area contributed by atoms with Crippen molar-refractivity contribution in [3.05, 3.63) is 72.5 Å². The monoisotopic (exact) mass is 448 g/mol. The topological polar surface area (TPSA) is 111 Å². The van der Waals surface area contributed by atoms with Gasteiger partial charge in [0.15, 0.2) is 5.78 Å². The number of hydrogen-bond acceptors (Lipinski definition) is 8. The normalized spacial score (nSPS) is 13.8. The number of allylic oxidation sites excluding steroid dienone is 1. The lowest BCUT2D eigenvalue weighted by Gasteiger charge is -2.27. The highest BCUT2D eigenvalue weighted by molar-refractivity contribution is 6.07. The maximum absolute atomic E-state index is 12.5. The van der Waals surface area contributed by atoms with Gasteiger partial charge in [-0.2, -0.15) is 5.10 Å². The van der Waals surface area contributed by atoms with Crippen LogP contribution in [0.2, 0.25) is 0 Å². The van der Waals surface area contributed by atoms with Crippen LogP contribution >= 0.6 is 0 Å². The third-order valence-electron chi connectivity index (χ3n) is 4.93. The van der Waals surface area contributed by atoms with E-state index in [4.69, 9.17) is 9.47 Å². The number of ketones is 1. The SMILES string of the molecule is O=C(Nc1ccc(C(=O)C=Cc2cccc(N3CCOCC3)n2)cc1)OCCn1cncn1. The van der Waals surface area contributed by atoms with Crippen LogP contribution < -0.4 is 10.2 Å². The summed E-state index contributed by atoms with van der Waals surface area (Å²) in [5.41, 5.74) is 1.74. The van der Waals surface area contributed by atoms with Crippen molar-refractivity contribution in [2.75, 3.05) is 43.1 Å². The fraction of sp³-hybridized carbons (Fsp3) is 0.261. The first kappa shape index (κ1) is 22.2. The molecule has 3 aromatic rings. The molecule has 1 amide bonds. The van der Waals surface area contributed by atoms with Gasteiger partial charge < -0.3 is 14.4 Å². The van der Waals surface area contributed by atoms with Crippen molar-refractivity contribution in [2.45, 2.75) is 6.54 Å². The molecular formula is C23H24N6O4. The van der Waals surface area contributed by atoms with Crippen LogP contribution in [0.15, 0.2) is 61.2 Å². The molecule has 0 atom stereocenters. The van der Waals surface area contributed by atoms with Crippen molar-refractivity contribution < 1.29 is 19.1 Å². The van der Waals surface area contributed by atoms with Gasteiger partial charge in [0.2, 0.25) is 0 Å². The highest BCUT2D eigenvalue weighted by Gasteiger charge is 2.12. The Balaban J connectivity index is 1.28. The molecule has 33 heavy (non-hydrogen) atoms. The lowest BCUT2D eigenvalue weighted by molar-refractivity contribution is 0.104. The Labute approximate surface area is 190 Å². The minimum absolute atomic E-state index is 0.157. The molecule has 0 spiro atoms. The molecule has 2 aromatic heterocycles. The second-order valence-corrected chi connectivity index (χ2v) is 7.21. The number of aromatic nitrogens is 4. The van der Waals surface area contributed by atoms with Crippen molar-refractivity contribution in [3.63, 3.8) is 0 Å². The third kappa shape index (κ3) is 6.47. The molecule has 3 heterocycles. The average Bonchev–Trinajstić information content (AvgIpc) is 3.37. The first-order valence-corrected chi connectivity index (χ1v) is 10.6. The lowest BCUT2D eigenvalue weighted by atomic mass is 10.1. The molecule has 4 rings (SSSR count). The summed E-state index contributed by atoms with van der Waals surface area (Å²) in [6.07, 6.45) is 5.57. The minimum Gasteiger partial charge on any atom is -0.447 e. The predicted octanol–water partition coefficient (Wildman–Crippen LogP) is 2.65. The zero-order valence-corrected chi connectivity index (χ0v) is 18.0. The fourth-order valence-electron chi connectivity index (χ4n) is 3.21. The van der Waals surface area contributed by atoms with Crippen molar-refractivity contribution in [2.24, 2.45) is 0 Å². The molecule has 170 valence electrons.